The lowest BCUT2D eigenvalue weighted by atomic mass is 10.0. The number of benzene rings is 1. The van der Waals surface area contributed by atoms with E-state index in [9.17, 15) is 9.59 Å². The maximum atomic E-state index is 13.2. The average Bonchev–Trinajstić information content (AvgIpc) is 3.29. The van der Waals surface area contributed by atoms with E-state index in [-0.39, 0.29) is 35.8 Å². The molecule has 0 radical (unpaired) electrons. The summed E-state index contributed by atoms with van der Waals surface area (Å²) in [5, 5.41) is 3.01. The molecule has 31 heavy (non-hydrogen) atoms. The van der Waals surface area contributed by atoms with Crippen molar-refractivity contribution in [3.05, 3.63) is 23.8 Å². The van der Waals surface area contributed by atoms with E-state index in [0.29, 0.717) is 30.2 Å². The van der Waals surface area contributed by atoms with Crippen molar-refractivity contribution in [1.82, 2.24) is 9.80 Å². The van der Waals surface area contributed by atoms with E-state index in [1.807, 2.05) is 0 Å². The number of methoxy groups -OCH3 is 1. The van der Waals surface area contributed by atoms with Gasteiger partial charge >= 0.3 is 0 Å². The summed E-state index contributed by atoms with van der Waals surface area (Å²) in [6, 6.07) is 5.49. The number of likely N-dealkylation sites (N-methyl/N-ethyl adjacent to an activating group) is 2. The normalized spacial score (nSPS) is 26.5. The Kier molecular flexibility index (Phi) is 7.94. The van der Waals surface area contributed by atoms with E-state index in [1.54, 1.807) is 37.3 Å². The van der Waals surface area contributed by atoms with Gasteiger partial charge in [-0.25, -0.2) is 0 Å². The van der Waals surface area contributed by atoms with E-state index in [4.69, 9.17) is 9.47 Å². The molecule has 7 heteroatoms. The number of amides is 2. The molecule has 0 spiro atoms. The molecule has 1 fully saturated rings. The molecular formula is C24H37N3O4. The Labute approximate surface area is 186 Å². The first-order valence-electron chi connectivity index (χ1n) is 11.4. The van der Waals surface area contributed by atoms with E-state index in [1.165, 1.54) is 0 Å². The van der Waals surface area contributed by atoms with Crippen LogP contribution in [0.25, 0.3) is 0 Å². The minimum absolute atomic E-state index is 0.0547. The summed E-state index contributed by atoms with van der Waals surface area (Å²) < 4.78 is 11.8. The van der Waals surface area contributed by atoms with Crippen LogP contribution in [0.2, 0.25) is 0 Å². The molecule has 0 aromatic heterocycles. The van der Waals surface area contributed by atoms with Crippen LogP contribution >= 0.6 is 0 Å². The Morgan fingerprint density at radius 2 is 1.87 bits per heavy atom. The molecule has 2 amide bonds. The molecule has 1 aromatic carbocycles. The Morgan fingerprint density at radius 1 is 1.16 bits per heavy atom. The Balaban J connectivity index is 1.86. The highest BCUT2D eigenvalue weighted by atomic mass is 16.5. The van der Waals surface area contributed by atoms with Crippen molar-refractivity contribution in [3.63, 3.8) is 0 Å². The number of hydrogen-bond donors (Lipinski definition) is 1. The molecule has 7 nitrogen and oxygen atoms in total. The van der Waals surface area contributed by atoms with Gasteiger partial charge in [0.25, 0.3) is 5.91 Å². The first-order valence-corrected chi connectivity index (χ1v) is 11.4. The SMILES string of the molecule is CO[C@@H]1CN(C)C(=O)c2ccc(NC(=O)C3CCCC3)cc2OC[C@H](C)N(C)C[C@@H]1C. The number of carbonyl (C=O) groups excluding carboxylic acids is 2. The summed E-state index contributed by atoms with van der Waals surface area (Å²) in [6.45, 7) is 6.05. The molecular weight excluding hydrogens is 394 g/mol. The van der Waals surface area contributed by atoms with Crippen LogP contribution in [0, 0.1) is 11.8 Å². The van der Waals surface area contributed by atoms with Crippen molar-refractivity contribution in [3.8, 4) is 5.75 Å². The van der Waals surface area contributed by atoms with Crippen LogP contribution < -0.4 is 10.1 Å². The monoisotopic (exact) mass is 431 g/mol. The minimum atomic E-state index is -0.112. The first kappa shape index (κ1) is 23.5. The summed E-state index contributed by atoms with van der Waals surface area (Å²) in [6.07, 6.45) is 4.05. The zero-order valence-corrected chi connectivity index (χ0v) is 19.5. The van der Waals surface area contributed by atoms with Gasteiger partial charge < -0.3 is 19.7 Å². The smallest absolute Gasteiger partial charge is 0.257 e. The van der Waals surface area contributed by atoms with Crippen molar-refractivity contribution in [2.45, 2.75) is 51.7 Å². The maximum absolute atomic E-state index is 13.2. The van der Waals surface area contributed by atoms with Gasteiger partial charge in [-0.2, -0.15) is 0 Å². The summed E-state index contributed by atoms with van der Waals surface area (Å²) in [5.41, 5.74) is 1.17. The van der Waals surface area contributed by atoms with E-state index in [0.717, 1.165) is 32.2 Å². The third-order valence-electron chi connectivity index (χ3n) is 6.75. The van der Waals surface area contributed by atoms with Gasteiger partial charge in [0.2, 0.25) is 5.91 Å². The molecule has 0 bridgehead atoms. The lowest BCUT2D eigenvalue weighted by Gasteiger charge is -2.34. The molecule has 0 unspecified atom stereocenters. The van der Waals surface area contributed by atoms with Crippen LogP contribution in [0.5, 0.6) is 5.75 Å². The number of nitrogens with zero attached hydrogens (tertiary/aromatic N) is 2. The largest absolute Gasteiger partial charge is 0.491 e. The first-order chi connectivity index (χ1) is 14.8. The van der Waals surface area contributed by atoms with Crippen LogP contribution in [-0.4, -0.2) is 74.7 Å². The molecule has 2 aliphatic rings. The van der Waals surface area contributed by atoms with Crippen LogP contribution in [0.4, 0.5) is 5.69 Å². The van der Waals surface area contributed by atoms with E-state index in [2.05, 4.69) is 31.1 Å². The zero-order chi connectivity index (χ0) is 22.5. The second-order valence-electron chi connectivity index (χ2n) is 9.22. The highest BCUT2D eigenvalue weighted by molar-refractivity contribution is 5.98. The molecule has 0 saturated heterocycles. The molecule has 3 atom stereocenters. The standard InChI is InChI=1S/C24H37N3O4/c1-16-13-26(3)17(2)15-31-21-12-19(25-23(28)18-8-6-7-9-18)10-11-20(21)24(29)27(4)14-22(16)30-5/h10-12,16-18,22H,6-9,13-15H2,1-5H3,(H,25,28)/t16-,17-,22+/m0/s1. The molecule has 1 saturated carbocycles. The van der Waals surface area contributed by atoms with Gasteiger partial charge in [-0.1, -0.05) is 19.8 Å². The predicted octanol–water partition coefficient (Wildman–Crippen LogP) is 3.25. The summed E-state index contributed by atoms with van der Waals surface area (Å²) in [5.74, 6) is 0.790. The lowest BCUT2D eigenvalue weighted by molar-refractivity contribution is -0.119. The van der Waals surface area contributed by atoms with Gasteiger partial charge in [-0.15, -0.1) is 0 Å². The van der Waals surface area contributed by atoms with Crippen molar-refractivity contribution in [2.75, 3.05) is 46.2 Å². The topological polar surface area (TPSA) is 71.1 Å². The minimum Gasteiger partial charge on any atom is -0.491 e. The average molecular weight is 432 g/mol. The highest BCUT2D eigenvalue weighted by Gasteiger charge is 2.28. The summed E-state index contributed by atoms with van der Waals surface area (Å²) >= 11 is 0. The van der Waals surface area contributed by atoms with Crippen LogP contribution in [0.15, 0.2) is 18.2 Å². The summed E-state index contributed by atoms with van der Waals surface area (Å²) in [4.78, 5) is 29.7. The van der Waals surface area contributed by atoms with Crippen molar-refractivity contribution >= 4 is 17.5 Å². The molecule has 1 aromatic rings. The number of rotatable bonds is 3. The molecule has 1 heterocycles. The quantitative estimate of drug-likeness (QED) is 0.796. The fraction of sp³-hybridized carbons (Fsp3) is 0.667. The van der Waals surface area contributed by atoms with Gasteiger partial charge in [-0.3, -0.25) is 14.5 Å². The van der Waals surface area contributed by atoms with Crippen LogP contribution in [-0.2, 0) is 9.53 Å². The van der Waals surface area contributed by atoms with Crippen LogP contribution in [0.3, 0.4) is 0 Å². The fourth-order valence-electron chi connectivity index (χ4n) is 4.46. The zero-order valence-electron chi connectivity index (χ0n) is 19.5. The van der Waals surface area contributed by atoms with Gasteiger partial charge in [0.15, 0.2) is 0 Å². The van der Waals surface area contributed by atoms with Gasteiger partial charge in [0, 0.05) is 51.0 Å². The van der Waals surface area contributed by atoms with Crippen molar-refractivity contribution < 1.29 is 19.1 Å². The molecule has 3 rings (SSSR count). The fourth-order valence-corrected chi connectivity index (χ4v) is 4.46. The second-order valence-corrected chi connectivity index (χ2v) is 9.22. The number of anilines is 1. The third-order valence-corrected chi connectivity index (χ3v) is 6.75. The third kappa shape index (κ3) is 5.77. The molecule has 1 aliphatic carbocycles. The molecule has 1 N–H and O–H groups in total. The number of nitrogens with one attached hydrogen (secondary N) is 1. The predicted molar refractivity (Wildman–Crippen MR) is 122 cm³/mol. The van der Waals surface area contributed by atoms with Gasteiger partial charge in [0.1, 0.15) is 12.4 Å². The Morgan fingerprint density at radius 3 is 2.55 bits per heavy atom. The number of carbonyl (C=O) groups is 2. The van der Waals surface area contributed by atoms with Crippen molar-refractivity contribution in [2.24, 2.45) is 11.8 Å². The summed E-state index contributed by atoms with van der Waals surface area (Å²) in [7, 11) is 5.57. The van der Waals surface area contributed by atoms with E-state index >= 15 is 0 Å². The van der Waals surface area contributed by atoms with Gasteiger partial charge in [-0.05, 0) is 44.9 Å². The molecule has 1 aliphatic heterocycles. The van der Waals surface area contributed by atoms with Crippen molar-refractivity contribution in [1.29, 1.82) is 0 Å². The lowest BCUT2D eigenvalue weighted by Crippen LogP contribution is -2.45. The number of fused-ring (bicyclic) bond motifs is 1. The Hall–Kier alpha value is -2.12. The number of ether oxygens (including phenoxy) is 2. The maximum Gasteiger partial charge on any atom is 0.257 e. The molecule has 172 valence electrons. The number of hydrogen-bond acceptors (Lipinski definition) is 5. The second kappa shape index (κ2) is 10.5. The van der Waals surface area contributed by atoms with Gasteiger partial charge in [0.05, 0.1) is 11.7 Å². The highest BCUT2D eigenvalue weighted by Crippen LogP contribution is 2.29. The van der Waals surface area contributed by atoms with Crippen LogP contribution in [0.1, 0.15) is 49.9 Å². The Bertz CT molecular complexity index is 778. The van der Waals surface area contributed by atoms with E-state index < -0.39 is 0 Å².